The maximum Gasteiger partial charge on any atom is 0.410 e. The number of piperidine rings is 1. The van der Waals surface area contributed by atoms with Gasteiger partial charge in [0, 0.05) is 51.8 Å². The van der Waals surface area contributed by atoms with Crippen LogP contribution in [0.5, 0.6) is 0 Å². The van der Waals surface area contributed by atoms with Gasteiger partial charge >= 0.3 is 6.09 Å². The van der Waals surface area contributed by atoms with Crippen LogP contribution >= 0.6 is 0 Å². The Morgan fingerprint density at radius 3 is 2.67 bits per heavy atom. The summed E-state index contributed by atoms with van der Waals surface area (Å²) in [6, 6.07) is 9.84. The fourth-order valence-corrected chi connectivity index (χ4v) is 4.33. The highest BCUT2D eigenvalue weighted by Gasteiger charge is 2.46. The van der Waals surface area contributed by atoms with Crippen LogP contribution in [0.2, 0.25) is 0 Å². The molecule has 0 atom stereocenters. The van der Waals surface area contributed by atoms with E-state index in [9.17, 15) is 4.79 Å². The Hall–Kier alpha value is -2.85. The first kappa shape index (κ1) is 20.4. The van der Waals surface area contributed by atoms with E-state index in [1.165, 1.54) is 5.69 Å². The number of nitrogens with zero attached hydrogens (tertiary/aromatic N) is 5. The van der Waals surface area contributed by atoms with E-state index in [0.717, 1.165) is 70.5 Å². The number of nitriles is 1. The number of hydrogen-bond acceptors (Lipinski definition) is 5. The zero-order valence-corrected chi connectivity index (χ0v) is 17.6. The summed E-state index contributed by atoms with van der Waals surface area (Å²) in [6.45, 7) is 7.07. The number of ether oxygens (including phenoxy) is 1. The lowest BCUT2D eigenvalue weighted by molar-refractivity contribution is -0.00169. The van der Waals surface area contributed by atoms with Crippen molar-refractivity contribution >= 4 is 6.09 Å². The molecular weight excluding hydrogens is 378 g/mol. The number of likely N-dealkylation sites (tertiary alicyclic amines) is 1. The average molecular weight is 408 g/mol. The van der Waals surface area contributed by atoms with Gasteiger partial charge < -0.3 is 14.2 Å². The minimum atomic E-state index is -0.302. The van der Waals surface area contributed by atoms with Crippen LogP contribution in [0.25, 0.3) is 0 Å². The summed E-state index contributed by atoms with van der Waals surface area (Å²) in [7, 11) is 0. The Labute approximate surface area is 177 Å². The SMILES string of the molecule is CCCCN1CC2(CCN(Cc3cncn3Cc3ccc(C#N)cc3)CC2)OC1=O. The Bertz CT molecular complexity index is 906. The topological polar surface area (TPSA) is 74.4 Å². The number of aromatic nitrogens is 2. The molecule has 2 aromatic rings. The second-order valence-electron chi connectivity index (χ2n) is 8.42. The van der Waals surface area contributed by atoms with Gasteiger partial charge in [0.1, 0.15) is 5.60 Å². The van der Waals surface area contributed by atoms with E-state index in [2.05, 4.69) is 27.4 Å². The number of benzene rings is 1. The second-order valence-corrected chi connectivity index (χ2v) is 8.42. The molecule has 30 heavy (non-hydrogen) atoms. The van der Waals surface area contributed by atoms with Crippen molar-refractivity contribution < 1.29 is 9.53 Å². The zero-order chi connectivity index (χ0) is 21.0. The van der Waals surface area contributed by atoms with Crippen LogP contribution < -0.4 is 0 Å². The van der Waals surface area contributed by atoms with Crippen LogP contribution in [-0.4, -0.2) is 57.2 Å². The van der Waals surface area contributed by atoms with Gasteiger partial charge in [-0.25, -0.2) is 9.78 Å². The highest BCUT2D eigenvalue weighted by Crippen LogP contribution is 2.33. The highest BCUT2D eigenvalue weighted by atomic mass is 16.6. The molecular formula is C23H29N5O2. The van der Waals surface area contributed by atoms with E-state index in [1.807, 2.05) is 41.7 Å². The summed E-state index contributed by atoms with van der Waals surface area (Å²) >= 11 is 0. The Morgan fingerprint density at radius 1 is 1.20 bits per heavy atom. The fourth-order valence-electron chi connectivity index (χ4n) is 4.33. The third-order valence-electron chi connectivity index (χ3n) is 6.21. The number of amides is 1. The summed E-state index contributed by atoms with van der Waals surface area (Å²) in [6.07, 6.45) is 7.52. The first-order valence-corrected chi connectivity index (χ1v) is 10.8. The van der Waals surface area contributed by atoms with Crippen LogP contribution in [0, 0.1) is 11.3 Å². The Balaban J connectivity index is 1.32. The average Bonchev–Trinajstić information content (AvgIpc) is 3.32. The van der Waals surface area contributed by atoms with Gasteiger partial charge in [0.25, 0.3) is 0 Å². The molecule has 2 aliphatic heterocycles. The molecule has 2 saturated heterocycles. The molecule has 1 aromatic carbocycles. The normalized spacial score (nSPS) is 18.5. The minimum Gasteiger partial charge on any atom is -0.441 e. The maximum atomic E-state index is 12.2. The van der Waals surface area contributed by atoms with Crippen LogP contribution in [0.4, 0.5) is 4.79 Å². The molecule has 0 saturated carbocycles. The summed E-state index contributed by atoms with van der Waals surface area (Å²) in [5, 5.41) is 8.95. The molecule has 158 valence electrons. The monoisotopic (exact) mass is 407 g/mol. The van der Waals surface area contributed by atoms with E-state index >= 15 is 0 Å². The molecule has 1 amide bonds. The van der Waals surface area contributed by atoms with Crippen molar-refractivity contribution in [2.45, 2.75) is 51.3 Å². The van der Waals surface area contributed by atoms with E-state index < -0.39 is 0 Å². The van der Waals surface area contributed by atoms with Crippen molar-refractivity contribution in [3.8, 4) is 6.07 Å². The third kappa shape index (κ3) is 4.49. The van der Waals surface area contributed by atoms with Crippen molar-refractivity contribution in [2.24, 2.45) is 0 Å². The third-order valence-corrected chi connectivity index (χ3v) is 6.21. The largest absolute Gasteiger partial charge is 0.441 e. The van der Waals surface area contributed by atoms with Crippen molar-refractivity contribution in [1.29, 1.82) is 5.26 Å². The van der Waals surface area contributed by atoms with E-state index in [1.54, 1.807) is 0 Å². The lowest BCUT2D eigenvalue weighted by Crippen LogP contribution is -2.46. The molecule has 7 heteroatoms. The zero-order valence-electron chi connectivity index (χ0n) is 17.6. The number of imidazole rings is 1. The predicted octanol–water partition coefficient (Wildman–Crippen LogP) is 3.39. The highest BCUT2D eigenvalue weighted by molar-refractivity contribution is 5.70. The van der Waals surface area contributed by atoms with E-state index in [-0.39, 0.29) is 11.7 Å². The Kier molecular flexibility index (Phi) is 6.05. The van der Waals surface area contributed by atoms with Gasteiger partial charge in [0.2, 0.25) is 0 Å². The van der Waals surface area contributed by atoms with Gasteiger partial charge in [-0.2, -0.15) is 5.26 Å². The van der Waals surface area contributed by atoms with Gasteiger partial charge in [-0.05, 0) is 24.1 Å². The molecule has 4 rings (SSSR count). The molecule has 0 radical (unpaired) electrons. The number of rotatable bonds is 7. The molecule has 3 heterocycles. The van der Waals surface area contributed by atoms with Crippen molar-refractivity contribution in [3.05, 3.63) is 53.6 Å². The molecule has 1 spiro atoms. The molecule has 7 nitrogen and oxygen atoms in total. The molecule has 2 aliphatic rings. The van der Waals surface area contributed by atoms with Crippen molar-refractivity contribution in [3.63, 3.8) is 0 Å². The number of carbonyl (C=O) groups is 1. The molecule has 0 aliphatic carbocycles. The van der Waals surface area contributed by atoms with E-state index in [4.69, 9.17) is 10.00 Å². The molecule has 1 aromatic heterocycles. The second kappa shape index (κ2) is 8.88. The Morgan fingerprint density at radius 2 is 1.97 bits per heavy atom. The van der Waals surface area contributed by atoms with Crippen LogP contribution in [0.3, 0.4) is 0 Å². The van der Waals surface area contributed by atoms with Gasteiger partial charge in [0.05, 0.1) is 30.2 Å². The summed E-state index contributed by atoms with van der Waals surface area (Å²) in [5.74, 6) is 0. The van der Waals surface area contributed by atoms with Gasteiger partial charge in [-0.3, -0.25) is 4.90 Å². The van der Waals surface area contributed by atoms with Crippen molar-refractivity contribution in [2.75, 3.05) is 26.2 Å². The molecule has 0 bridgehead atoms. The lowest BCUT2D eigenvalue weighted by Gasteiger charge is -2.37. The van der Waals surface area contributed by atoms with Crippen LogP contribution in [0.1, 0.15) is 49.4 Å². The number of carbonyl (C=O) groups excluding carboxylic acids is 1. The van der Waals surface area contributed by atoms with Crippen LogP contribution in [-0.2, 0) is 17.8 Å². The molecule has 0 N–H and O–H groups in total. The number of unbranched alkanes of at least 4 members (excludes halogenated alkanes) is 1. The van der Waals surface area contributed by atoms with Gasteiger partial charge in [0.15, 0.2) is 0 Å². The lowest BCUT2D eigenvalue weighted by atomic mass is 9.91. The van der Waals surface area contributed by atoms with E-state index in [0.29, 0.717) is 5.56 Å². The summed E-state index contributed by atoms with van der Waals surface area (Å²) in [5.41, 5.74) is 2.69. The smallest absolute Gasteiger partial charge is 0.410 e. The predicted molar refractivity (Wildman–Crippen MR) is 113 cm³/mol. The van der Waals surface area contributed by atoms with Crippen molar-refractivity contribution in [1.82, 2.24) is 19.4 Å². The summed E-state index contributed by atoms with van der Waals surface area (Å²) < 4.78 is 7.99. The van der Waals surface area contributed by atoms with Gasteiger partial charge in [-0.15, -0.1) is 0 Å². The first-order chi connectivity index (χ1) is 14.6. The standard InChI is InChI=1S/C23H29N5O2/c1-2-3-10-27-17-23(30-22(27)29)8-11-26(12-9-23)16-21-14-25-18-28(21)15-20-6-4-19(13-24)5-7-20/h4-7,14,18H,2-3,8-12,15-17H2,1H3. The summed E-state index contributed by atoms with van der Waals surface area (Å²) in [4.78, 5) is 20.9. The quantitative estimate of drug-likeness (QED) is 0.703. The maximum absolute atomic E-state index is 12.2. The molecule has 2 fully saturated rings. The first-order valence-electron chi connectivity index (χ1n) is 10.8. The fraction of sp³-hybridized carbons (Fsp3) is 0.522. The minimum absolute atomic E-state index is 0.141. The number of hydrogen-bond donors (Lipinski definition) is 0. The van der Waals surface area contributed by atoms with Gasteiger partial charge in [-0.1, -0.05) is 25.5 Å². The molecule has 0 unspecified atom stereocenters. The van der Waals surface area contributed by atoms with Crippen LogP contribution in [0.15, 0.2) is 36.8 Å².